The van der Waals surface area contributed by atoms with Crippen LogP contribution in [0.3, 0.4) is 0 Å². The third-order valence-electron chi connectivity index (χ3n) is 3.04. The molecular weight excluding hydrogens is 236 g/mol. The quantitative estimate of drug-likeness (QED) is 0.878. The lowest BCUT2D eigenvalue weighted by molar-refractivity contribution is 0.102. The van der Waals surface area contributed by atoms with E-state index in [0.29, 0.717) is 5.56 Å². The van der Waals surface area contributed by atoms with Gasteiger partial charge in [-0.15, -0.1) is 0 Å². The van der Waals surface area contributed by atoms with Gasteiger partial charge in [-0.05, 0) is 43.7 Å². The van der Waals surface area contributed by atoms with Gasteiger partial charge in [-0.1, -0.05) is 23.8 Å². The van der Waals surface area contributed by atoms with Crippen molar-refractivity contribution in [2.75, 3.05) is 17.7 Å². The zero-order chi connectivity index (χ0) is 13.8. The average molecular weight is 254 g/mol. The van der Waals surface area contributed by atoms with E-state index >= 15 is 0 Å². The van der Waals surface area contributed by atoms with Crippen molar-refractivity contribution >= 4 is 17.3 Å². The molecule has 0 saturated carbocycles. The molecule has 2 rings (SSSR count). The van der Waals surface area contributed by atoms with Gasteiger partial charge in [0.25, 0.3) is 5.91 Å². The zero-order valence-corrected chi connectivity index (χ0v) is 11.4. The summed E-state index contributed by atoms with van der Waals surface area (Å²) in [5.41, 5.74) is 4.68. The van der Waals surface area contributed by atoms with Gasteiger partial charge in [0.1, 0.15) is 0 Å². The van der Waals surface area contributed by atoms with Crippen molar-refractivity contribution in [3.63, 3.8) is 0 Å². The smallest absolute Gasteiger partial charge is 0.255 e. The van der Waals surface area contributed by atoms with Gasteiger partial charge in [0, 0.05) is 24.0 Å². The lowest BCUT2D eigenvalue weighted by Crippen LogP contribution is -2.13. The van der Waals surface area contributed by atoms with E-state index in [2.05, 4.69) is 16.7 Å². The SMILES string of the molecule is CNc1cccc(C(=O)Nc2ccc(C)cc2C)c1. The summed E-state index contributed by atoms with van der Waals surface area (Å²) >= 11 is 0. The van der Waals surface area contributed by atoms with Crippen LogP contribution < -0.4 is 10.6 Å². The monoisotopic (exact) mass is 254 g/mol. The number of nitrogens with one attached hydrogen (secondary N) is 2. The number of hydrogen-bond acceptors (Lipinski definition) is 2. The molecule has 1 amide bonds. The van der Waals surface area contributed by atoms with Crippen LogP contribution in [0, 0.1) is 13.8 Å². The number of carbonyl (C=O) groups is 1. The molecule has 0 aromatic heterocycles. The molecule has 0 fully saturated rings. The first kappa shape index (κ1) is 13.1. The molecule has 19 heavy (non-hydrogen) atoms. The van der Waals surface area contributed by atoms with E-state index in [4.69, 9.17) is 0 Å². The number of rotatable bonds is 3. The van der Waals surface area contributed by atoms with E-state index < -0.39 is 0 Å². The summed E-state index contributed by atoms with van der Waals surface area (Å²) in [5, 5.41) is 5.96. The first-order valence-electron chi connectivity index (χ1n) is 6.26. The van der Waals surface area contributed by atoms with E-state index in [1.165, 1.54) is 5.56 Å². The first-order valence-corrected chi connectivity index (χ1v) is 6.26. The summed E-state index contributed by atoms with van der Waals surface area (Å²) in [6, 6.07) is 13.4. The molecule has 0 saturated heterocycles. The summed E-state index contributed by atoms with van der Waals surface area (Å²) in [7, 11) is 1.83. The van der Waals surface area contributed by atoms with Crippen LogP contribution in [0.4, 0.5) is 11.4 Å². The lowest BCUT2D eigenvalue weighted by atomic mass is 10.1. The third kappa shape index (κ3) is 3.13. The van der Waals surface area contributed by atoms with E-state index in [-0.39, 0.29) is 5.91 Å². The van der Waals surface area contributed by atoms with E-state index in [1.807, 2.05) is 51.2 Å². The number of amides is 1. The zero-order valence-electron chi connectivity index (χ0n) is 11.4. The van der Waals surface area contributed by atoms with Crippen molar-refractivity contribution in [3.05, 3.63) is 59.2 Å². The van der Waals surface area contributed by atoms with Crippen LogP contribution in [0.2, 0.25) is 0 Å². The predicted octanol–water partition coefficient (Wildman–Crippen LogP) is 3.60. The van der Waals surface area contributed by atoms with Crippen LogP contribution >= 0.6 is 0 Å². The van der Waals surface area contributed by atoms with E-state index in [9.17, 15) is 4.79 Å². The Bertz CT molecular complexity index is 605. The maximum Gasteiger partial charge on any atom is 0.255 e. The molecule has 0 aliphatic rings. The molecule has 3 heteroatoms. The molecule has 3 nitrogen and oxygen atoms in total. The summed E-state index contributed by atoms with van der Waals surface area (Å²) < 4.78 is 0. The van der Waals surface area contributed by atoms with Gasteiger partial charge in [-0.3, -0.25) is 4.79 Å². The molecule has 2 N–H and O–H groups in total. The predicted molar refractivity (Wildman–Crippen MR) is 79.9 cm³/mol. The molecule has 0 radical (unpaired) electrons. The van der Waals surface area contributed by atoms with Crippen molar-refractivity contribution < 1.29 is 4.79 Å². The Labute approximate surface area is 113 Å². The lowest BCUT2D eigenvalue weighted by Gasteiger charge is -2.10. The Hall–Kier alpha value is -2.29. The van der Waals surface area contributed by atoms with Crippen LogP contribution in [-0.2, 0) is 0 Å². The second-order valence-corrected chi connectivity index (χ2v) is 4.60. The van der Waals surface area contributed by atoms with Gasteiger partial charge >= 0.3 is 0 Å². The number of hydrogen-bond donors (Lipinski definition) is 2. The van der Waals surface area contributed by atoms with E-state index in [1.54, 1.807) is 6.07 Å². The molecule has 0 spiro atoms. The normalized spacial score (nSPS) is 10.1. The highest BCUT2D eigenvalue weighted by Crippen LogP contribution is 2.18. The number of benzene rings is 2. The standard InChI is InChI=1S/C16H18N2O/c1-11-7-8-15(12(2)9-11)18-16(19)13-5-4-6-14(10-13)17-3/h4-10,17H,1-3H3,(H,18,19). The fourth-order valence-corrected chi connectivity index (χ4v) is 1.96. The summed E-state index contributed by atoms with van der Waals surface area (Å²) in [6.07, 6.45) is 0. The van der Waals surface area contributed by atoms with Crippen LogP contribution in [0.5, 0.6) is 0 Å². The molecule has 0 unspecified atom stereocenters. The molecule has 0 aliphatic heterocycles. The van der Waals surface area contributed by atoms with Crippen LogP contribution in [-0.4, -0.2) is 13.0 Å². The first-order chi connectivity index (χ1) is 9.10. The molecule has 98 valence electrons. The highest BCUT2D eigenvalue weighted by Gasteiger charge is 2.08. The van der Waals surface area contributed by atoms with Crippen molar-refractivity contribution in [2.24, 2.45) is 0 Å². The maximum atomic E-state index is 12.2. The minimum Gasteiger partial charge on any atom is -0.388 e. The number of carbonyl (C=O) groups excluding carboxylic acids is 1. The second-order valence-electron chi connectivity index (χ2n) is 4.60. The van der Waals surface area contributed by atoms with Gasteiger partial charge in [0.15, 0.2) is 0 Å². The molecule has 0 bridgehead atoms. The topological polar surface area (TPSA) is 41.1 Å². The Morgan fingerprint density at radius 1 is 1.05 bits per heavy atom. The highest BCUT2D eigenvalue weighted by atomic mass is 16.1. The fourth-order valence-electron chi connectivity index (χ4n) is 1.96. The van der Waals surface area contributed by atoms with Crippen molar-refractivity contribution in [2.45, 2.75) is 13.8 Å². The van der Waals surface area contributed by atoms with Crippen LogP contribution in [0.1, 0.15) is 21.5 Å². The van der Waals surface area contributed by atoms with Gasteiger partial charge in [0.2, 0.25) is 0 Å². The van der Waals surface area contributed by atoms with Crippen LogP contribution in [0.15, 0.2) is 42.5 Å². The second kappa shape index (κ2) is 5.57. The van der Waals surface area contributed by atoms with Crippen molar-refractivity contribution in [3.8, 4) is 0 Å². The maximum absolute atomic E-state index is 12.2. The summed E-state index contributed by atoms with van der Waals surface area (Å²) in [5.74, 6) is -0.0935. The van der Waals surface area contributed by atoms with Gasteiger partial charge < -0.3 is 10.6 Å². The van der Waals surface area contributed by atoms with Gasteiger partial charge in [0.05, 0.1) is 0 Å². The molecule has 2 aromatic rings. The summed E-state index contributed by atoms with van der Waals surface area (Å²) in [6.45, 7) is 4.03. The van der Waals surface area contributed by atoms with Crippen molar-refractivity contribution in [1.82, 2.24) is 0 Å². The minimum absolute atomic E-state index is 0.0935. The Balaban J connectivity index is 2.20. The summed E-state index contributed by atoms with van der Waals surface area (Å²) in [4.78, 5) is 12.2. The Kier molecular flexibility index (Phi) is 3.85. The largest absolute Gasteiger partial charge is 0.388 e. The molecule has 0 heterocycles. The molecule has 0 atom stereocenters. The van der Waals surface area contributed by atoms with E-state index in [0.717, 1.165) is 16.9 Å². The number of anilines is 2. The van der Waals surface area contributed by atoms with Gasteiger partial charge in [-0.2, -0.15) is 0 Å². The fraction of sp³-hybridized carbons (Fsp3) is 0.188. The molecule has 2 aromatic carbocycles. The highest BCUT2D eigenvalue weighted by molar-refractivity contribution is 6.05. The third-order valence-corrected chi connectivity index (χ3v) is 3.04. The Morgan fingerprint density at radius 2 is 1.84 bits per heavy atom. The van der Waals surface area contributed by atoms with Gasteiger partial charge in [-0.25, -0.2) is 0 Å². The average Bonchev–Trinajstić information content (AvgIpc) is 2.42. The van der Waals surface area contributed by atoms with Crippen molar-refractivity contribution in [1.29, 1.82) is 0 Å². The molecular formula is C16H18N2O. The Morgan fingerprint density at radius 3 is 2.53 bits per heavy atom. The molecule has 0 aliphatic carbocycles. The minimum atomic E-state index is -0.0935. The van der Waals surface area contributed by atoms with Crippen LogP contribution in [0.25, 0.3) is 0 Å². The number of aryl methyl sites for hydroxylation is 2.